The lowest BCUT2D eigenvalue weighted by atomic mass is 10.1. The molecule has 0 atom stereocenters. The molecule has 0 bridgehead atoms. The van der Waals surface area contributed by atoms with E-state index in [1.165, 1.54) is 13.2 Å². The van der Waals surface area contributed by atoms with Gasteiger partial charge in [-0.25, -0.2) is 0 Å². The molecule has 3 nitrogen and oxygen atoms in total. The average molecular weight is 225 g/mol. The molecule has 78 valence electrons. The van der Waals surface area contributed by atoms with Gasteiger partial charge in [-0.3, -0.25) is 0 Å². The molecule has 1 aromatic carbocycles. The van der Waals surface area contributed by atoms with Crippen molar-refractivity contribution in [3.63, 3.8) is 0 Å². The summed E-state index contributed by atoms with van der Waals surface area (Å²) in [6.07, 6.45) is 1.56. The van der Waals surface area contributed by atoms with E-state index >= 15 is 0 Å². The molecule has 0 amide bonds. The first-order chi connectivity index (χ1) is 7.22. The van der Waals surface area contributed by atoms with Crippen molar-refractivity contribution in [3.8, 4) is 22.8 Å². The van der Waals surface area contributed by atoms with Gasteiger partial charge in [0.05, 0.1) is 13.4 Å². The maximum Gasteiger partial charge on any atom is 0.141 e. The number of halogens is 1. The van der Waals surface area contributed by atoms with Gasteiger partial charge in [0.2, 0.25) is 0 Å². The van der Waals surface area contributed by atoms with Crippen LogP contribution in [0.5, 0.6) is 11.5 Å². The first-order valence-corrected chi connectivity index (χ1v) is 4.70. The van der Waals surface area contributed by atoms with Crippen LogP contribution in [0.1, 0.15) is 0 Å². The van der Waals surface area contributed by atoms with Gasteiger partial charge >= 0.3 is 0 Å². The van der Waals surface area contributed by atoms with Crippen molar-refractivity contribution < 1.29 is 14.3 Å². The first-order valence-electron chi connectivity index (χ1n) is 4.32. The molecule has 1 N–H and O–H groups in total. The van der Waals surface area contributed by atoms with Crippen LogP contribution < -0.4 is 4.74 Å². The van der Waals surface area contributed by atoms with Gasteiger partial charge in [0.1, 0.15) is 22.3 Å². The summed E-state index contributed by atoms with van der Waals surface area (Å²) in [5.74, 6) is 1.05. The van der Waals surface area contributed by atoms with E-state index in [2.05, 4.69) is 0 Å². The Kier molecular flexibility index (Phi) is 2.56. The van der Waals surface area contributed by atoms with Crippen LogP contribution in [0.2, 0.25) is 5.02 Å². The second kappa shape index (κ2) is 3.87. The van der Waals surface area contributed by atoms with Gasteiger partial charge in [-0.1, -0.05) is 11.6 Å². The predicted molar refractivity (Wildman–Crippen MR) is 57.4 cm³/mol. The molecule has 1 aromatic heterocycles. The lowest BCUT2D eigenvalue weighted by Gasteiger charge is -2.06. The molecule has 0 spiro atoms. The molecular weight excluding hydrogens is 216 g/mol. The topological polar surface area (TPSA) is 42.6 Å². The zero-order valence-corrected chi connectivity index (χ0v) is 8.78. The number of aromatic hydroxyl groups is 1. The smallest absolute Gasteiger partial charge is 0.141 e. The van der Waals surface area contributed by atoms with E-state index in [-0.39, 0.29) is 10.8 Å². The number of furan rings is 1. The van der Waals surface area contributed by atoms with E-state index in [1.807, 2.05) is 0 Å². The molecule has 2 aromatic rings. The fraction of sp³-hybridized carbons (Fsp3) is 0.0909. The number of hydrogen-bond donors (Lipinski definition) is 1. The van der Waals surface area contributed by atoms with Crippen LogP contribution in [0.25, 0.3) is 11.3 Å². The van der Waals surface area contributed by atoms with E-state index < -0.39 is 0 Å². The minimum absolute atomic E-state index is 0.0255. The Morgan fingerprint density at radius 3 is 2.80 bits per heavy atom. The lowest BCUT2D eigenvalue weighted by Crippen LogP contribution is -1.85. The SMILES string of the molecule is COc1cc(-c2ccco2)cc(O)c1Cl. The summed E-state index contributed by atoms with van der Waals surface area (Å²) in [6.45, 7) is 0. The summed E-state index contributed by atoms with van der Waals surface area (Å²) in [5.41, 5.74) is 0.721. The number of benzene rings is 1. The molecule has 0 fully saturated rings. The van der Waals surface area contributed by atoms with Gasteiger partial charge in [-0.2, -0.15) is 0 Å². The monoisotopic (exact) mass is 224 g/mol. The number of ether oxygens (including phenoxy) is 1. The van der Waals surface area contributed by atoms with Crippen molar-refractivity contribution in [1.82, 2.24) is 0 Å². The van der Waals surface area contributed by atoms with Crippen LogP contribution in [-0.2, 0) is 0 Å². The lowest BCUT2D eigenvalue weighted by molar-refractivity contribution is 0.408. The fourth-order valence-electron chi connectivity index (χ4n) is 1.32. The largest absolute Gasteiger partial charge is 0.506 e. The second-order valence-electron chi connectivity index (χ2n) is 2.99. The highest BCUT2D eigenvalue weighted by molar-refractivity contribution is 6.33. The molecule has 2 rings (SSSR count). The molecule has 0 aliphatic rings. The Labute approximate surface area is 91.9 Å². The minimum atomic E-state index is -0.0255. The molecule has 1 heterocycles. The standard InChI is InChI=1S/C11H9ClO3/c1-14-10-6-7(5-8(13)11(10)12)9-3-2-4-15-9/h2-6,13H,1H3. The minimum Gasteiger partial charge on any atom is -0.506 e. The zero-order chi connectivity index (χ0) is 10.8. The molecule has 4 heteroatoms. The second-order valence-corrected chi connectivity index (χ2v) is 3.37. The van der Waals surface area contributed by atoms with Crippen LogP contribution >= 0.6 is 11.6 Å². The van der Waals surface area contributed by atoms with E-state index in [4.69, 9.17) is 20.8 Å². The molecule has 0 saturated carbocycles. The number of methoxy groups -OCH3 is 1. The molecular formula is C11H9ClO3. The quantitative estimate of drug-likeness (QED) is 0.851. The first kappa shape index (κ1) is 9.93. The summed E-state index contributed by atoms with van der Waals surface area (Å²) in [6, 6.07) is 6.81. The van der Waals surface area contributed by atoms with E-state index in [0.717, 1.165) is 5.56 Å². The van der Waals surface area contributed by atoms with Crippen molar-refractivity contribution in [2.45, 2.75) is 0 Å². The van der Waals surface area contributed by atoms with Crippen LogP contribution in [0.3, 0.4) is 0 Å². The van der Waals surface area contributed by atoms with Gasteiger partial charge in [0.25, 0.3) is 0 Å². The fourth-order valence-corrected chi connectivity index (χ4v) is 1.50. The van der Waals surface area contributed by atoms with Crippen LogP contribution in [0.15, 0.2) is 34.9 Å². The van der Waals surface area contributed by atoms with Crippen molar-refractivity contribution in [2.75, 3.05) is 7.11 Å². The maximum absolute atomic E-state index is 9.56. The molecule has 0 aliphatic heterocycles. The Balaban J connectivity index is 2.55. The van der Waals surface area contributed by atoms with E-state index in [9.17, 15) is 5.11 Å². The Morgan fingerprint density at radius 1 is 1.40 bits per heavy atom. The third-order valence-electron chi connectivity index (χ3n) is 2.05. The molecule has 0 aliphatic carbocycles. The van der Waals surface area contributed by atoms with Crippen molar-refractivity contribution >= 4 is 11.6 Å². The molecule has 0 radical (unpaired) electrons. The van der Waals surface area contributed by atoms with Crippen LogP contribution in [-0.4, -0.2) is 12.2 Å². The highest BCUT2D eigenvalue weighted by Gasteiger charge is 2.11. The maximum atomic E-state index is 9.56. The highest BCUT2D eigenvalue weighted by atomic mass is 35.5. The summed E-state index contributed by atoms with van der Waals surface area (Å²) in [5, 5.41) is 9.76. The normalized spacial score (nSPS) is 10.3. The highest BCUT2D eigenvalue weighted by Crippen LogP contribution is 2.37. The van der Waals surface area contributed by atoms with Crippen molar-refractivity contribution in [1.29, 1.82) is 0 Å². The Bertz CT molecular complexity index is 463. The number of phenolic OH excluding ortho intramolecular Hbond substituents is 1. The summed E-state index contributed by atoms with van der Waals surface area (Å²) < 4.78 is 10.2. The summed E-state index contributed by atoms with van der Waals surface area (Å²) in [4.78, 5) is 0. The molecule has 15 heavy (non-hydrogen) atoms. The van der Waals surface area contributed by atoms with Gasteiger partial charge in [-0.15, -0.1) is 0 Å². The van der Waals surface area contributed by atoms with Gasteiger partial charge in [0.15, 0.2) is 0 Å². The molecule has 0 saturated heterocycles. The average Bonchev–Trinajstić information content (AvgIpc) is 2.75. The van der Waals surface area contributed by atoms with E-state index in [1.54, 1.807) is 24.5 Å². The number of phenols is 1. The zero-order valence-electron chi connectivity index (χ0n) is 8.03. The summed E-state index contributed by atoms with van der Waals surface area (Å²) in [7, 11) is 1.49. The van der Waals surface area contributed by atoms with E-state index in [0.29, 0.717) is 11.5 Å². The number of rotatable bonds is 2. The Hall–Kier alpha value is -1.61. The van der Waals surface area contributed by atoms with Gasteiger partial charge in [0, 0.05) is 5.56 Å². The van der Waals surface area contributed by atoms with Crippen molar-refractivity contribution in [2.24, 2.45) is 0 Å². The predicted octanol–water partition coefficient (Wildman–Crippen LogP) is 3.31. The van der Waals surface area contributed by atoms with Gasteiger partial charge in [-0.05, 0) is 24.3 Å². The Morgan fingerprint density at radius 2 is 2.20 bits per heavy atom. The number of hydrogen-bond acceptors (Lipinski definition) is 3. The third-order valence-corrected chi connectivity index (χ3v) is 2.43. The summed E-state index contributed by atoms with van der Waals surface area (Å²) >= 11 is 5.82. The van der Waals surface area contributed by atoms with Crippen LogP contribution in [0, 0.1) is 0 Å². The van der Waals surface area contributed by atoms with Crippen molar-refractivity contribution in [3.05, 3.63) is 35.6 Å². The molecule has 0 unspecified atom stereocenters. The third kappa shape index (κ3) is 1.78. The van der Waals surface area contributed by atoms with Gasteiger partial charge < -0.3 is 14.3 Å². The van der Waals surface area contributed by atoms with Crippen LogP contribution in [0.4, 0.5) is 0 Å².